The molecule has 4 aromatic rings. The second-order valence-electron chi connectivity index (χ2n) is 8.29. The maximum absolute atomic E-state index is 12.8. The molecule has 0 aliphatic carbocycles. The highest BCUT2D eigenvalue weighted by atomic mass is 32.2. The van der Waals surface area contributed by atoms with Gasteiger partial charge in [0.05, 0.1) is 30.8 Å². The number of hydrogen-bond donors (Lipinski definition) is 1. The van der Waals surface area contributed by atoms with E-state index in [2.05, 4.69) is 9.97 Å². The Morgan fingerprint density at radius 1 is 1.08 bits per heavy atom. The zero-order valence-electron chi connectivity index (χ0n) is 20.4. The van der Waals surface area contributed by atoms with Crippen LogP contribution in [0.3, 0.4) is 0 Å². The van der Waals surface area contributed by atoms with E-state index < -0.39 is 10.8 Å². The zero-order chi connectivity index (χ0) is 26.4. The number of benzene rings is 2. The molecule has 2 heterocycles. The topological polar surface area (TPSA) is 115 Å². The molecule has 0 amide bonds. The van der Waals surface area contributed by atoms with Crippen molar-refractivity contribution in [2.75, 3.05) is 12.9 Å². The van der Waals surface area contributed by atoms with Crippen LogP contribution in [0, 0.1) is 0 Å². The van der Waals surface area contributed by atoms with Crippen LogP contribution in [0.5, 0.6) is 0 Å². The van der Waals surface area contributed by atoms with Crippen LogP contribution in [0.15, 0.2) is 63.6 Å². The summed E-state index contributed by atoms with van der Waals surface area (Å²) in [6.45, 7) is 2.58. The molecule has 0 aliphatic heterocycles. The summed E-state index contributed by atoms with van der Waals surface area (Å²) in [6.07, 6.45) is 2.24. The van der Waals surface area contributed by atoms with Gasteiger partial charge < -0.3 is 14.5 Å². The number of rotatable bonds is 11. The number of carbonyl (C=O) groups excluding carboxylic acids is 2. The minimum Gasteiger partial charge on any atom is -0.462 e. The number of nitrogens with zero attached hydrogens (tertiary/aromatic N) is 1. The maximum Gasteiger partial charge on any atom is 0.338 e. The summed E-state index contributed by atoms with van der Waals surface area (Å²) < 4.78 is 22.5. The quantitative estimate of drug-likeness (QED) is 0.222. The maximum atomic E-state index is 12.8. The van der Waals surface area contributed by atoms with Gasteiger partial charge in [0.2, 0.25) is 0 Å². The van der Waals surface area contributed by atoms with Gasteiger partial charge in [-0.3, -0.25) is 13.8 Å². The Morgan fingerprint density at radius 2 is 1.86 bits per heavy atom. The van der Waals surface area contributed by atoms with E-state index in [1.807, 2.05) is 18.2 Å². The molecule has 0 aliphatic rings. The molecular formula is C27H26N2O6S2. The van der Waals surface area contributed by atoms with Gasteiger partial charge in [0.1, 0.15) is 4.83 Å². The molecule has 0 fully saturated rings. The summed E-state index contributed by atoms with van der Waals surface area (Å²) in [7, 11) is -1.09. The molecule has 0 radical (unpaired) electrons. The van der Waals surface area contributed by atoms with Crippen molar-refractivity contribution in [2.45, 2.75) is 37.9 Å². The van der Waals surface area contributed by atoms with Crippen LogP contribution < -0.4 is 5.56 Å². The number of carbonyl (C=O) groups is 2. The third-order valence-electron chi connectivity index (χ3n) is 5.65. The monoisotopic (exact) mass is 538 g/mol. The highest BCUT2D eigenvalue weighted by Gasteiger charge is 2.16. The van der Waals surface area contributed by atoms with Crippen molar-refractivity contribution < 1.29 is 23.3 Å². The largest absolute Gasteiger partial charge is 0.462 e. The average Bonchev–Trinajstić information content (AvgIpc) is 3.31. The van der Waals surface area contributed by atoms with E-state index in [0.29, 0.717) is 45.9 Å². The first kappa shape index (κ1) is 26.6. The third-order valence-corrected chi connectivity index (χ3v) is 7.49. The smallest absolute Gasteiger partial charge is 0.338 e. The van der Waals surface area contributed by atoms with Crippen molar-refractivity contribution in [3.8, 4) is 0 Å². The van der Waals surface area contributed by atoms with Gasteiger partial charge >= 0.3 is 5.97 Å². The van der Waals surface area contributed by atoms with Gasteiger partial charge in [-0.15, -0.1) is 11.3 Å². The van der Waals surface area contributed by atoms with Crippen LogP contribution in [0.4, 0.5) is 0 Å². The molecule has 0 spiro atoms. The number of hydrogen-bond acceptors (Lipinski definition) is 8. The van der Waals surface area contributed by atoms with Crippen LogP contribution in [0.25, 0.3) is 10.2 Å². The van der Waals surface area contributed by atoms with Crippen molar-refractivity contribution >= 4 is 44.1 Å². The van der Waals surface area contributed by atoms with Crippen LogP contribution in [-0.4, -0.2) is 38.8 Å². The molecule has 0 saturated carbocycles. The molecule has 2 aromatic heterocycles. The fourth-order valence-corrected chi connectivity index (χ4v) is 5.24. The molecule has 37 heavy (non-hydrogen) atoms. The standard InChI is InChI=1S/C27H26N2O6S2/c1-3-35-27(32)19-10-7-18(8-11-19)14-34-15-20-16-36-26-23(20)25(31)28-24(29-26)22(30)12-9-17-5-4-6-21(13-17)37(2)33/h4-8,10-11,13,16H,3,9,12,14-15H2,1-2H3,(H,28,29,31). The molecule has 10 heteroatoms. The predicted molar refractivity (Wildman–Crippen MR) is 143 cm³/mol. The van der Waals surface area contributed by atoms with Crippen molar-refractivity contribution in [3.05, 3.63) is 92.3 Å². The molecule has 0 bridgehead atoms. The molecular weight excluding hydrogens is 512 g/mol. The second kappa shape index (κ2) is 12.2. The number of fused-ring (bicyclic) bond motifs is 1. The van der Waals surface area contributed by atoms with Gasteiger partial charge in [0.25, 0.3) is 5.56 Å². The Labute approximate surface area is 220 Å². The lowest BCUT2D eigenvalue weighted by atomic mass is 10.1. The highest BCUT2D eigenvalue weighted by molar-refractivity contribution is 7.84. The van der Waals surface area contributed by atoms with E-state index in [4.69, 9.17) is 9.47 Å². The molecule has 8 nitrogen and oxygen atoms in total. The SMILES string of the molecule is CCOC(=O)c1ccc(COCc2csc3nc(C(=O)CCc4cccc(S(C)=O)c4)[nH]c(=O)c23)cc1. The van der Waals surface area contributed by atoms with Crippen LogP contribution in [0.1, 0.15) is 51.0 Å². The first-order chi connectivity index (χ1) is 17.9. The van der Waals surface area contributed by atoms with Gasteiger partial charge in [-0.25, -0.2) is 9.78 Å². The summed E-state index contributed by atoms with van der Waals surface area (Å²) >= 11 is 1.29. The first-order valence-electron chi connectivity index (χ1n) is 11.7. The van der Waals surface area contributed by atoms with Crippen molar-refractivity contribution in [2.24, 2.45) is 0 Å². The highest BCUT2D eigenvalue weighted by Crippen LogP contribution is 2.23. The van der Waals surface area contributed by atoms with Gasteiger partial charge in [0, 0.05) is 33.9 Å². The molecule has 1 N–H and O–H groups in total. The number of aryl methyl sites for hydroxylation is 1. The van der Waals surface area contributed by atoms with Crippen LogP contribution in [-0.2, 0) is 39.9 Å². The molecule has 4 rings (SSSR count). The lowest BCUT2D eigenvalue weighted by molar-refractivity contribution is 0.0526. The number of aromatic nitrogens is 2. The summed E-state index contributed by atoms with van der Waals surface area (Å²) in [6, 6.07) is 14.3. The lowest BCUT2D eigenvalue weighted by Crippen LogP contribution is -2.16. The Balaban J connectivity index is 1.38. The van der Waals surface area contributed by atoms with Crippen LogP contribution in [0.2, 0.25) is 0 Å². The fourth-order valence-electron chi connectivity index (χ4n) is 3.73. The number of thiophene rings is 1. The Morgan fingerprint density at radius 3 is 2.59 bits per heavy atom. The first-order valence-corrected chi connectivity index (χ1v) is 14.1. The number of H-pyrrole nitrogens is 1. The minimum atomic E-state index is -1.09. The lowest BCUT2D eigenvalue weighted by Gasteiger charge is -2.06. The van der Waals surface area contributed by atoms with Gasteiger partial charge in [-0.2, -0.15) is 0 Å². The van der Waals surface area contributed by atoms with Crippen molar-refractivity contribution in [1.29, 1.82) is 0 Å². The zero-order valence-corrected chi connectivity index (χ0v) is 22.1. The van der Waals surface area contributed by atoms with Gasteiger partial charge in [0.15, 0.2) is 11.6 Å². The molecule has 1 unspecified atom stereocenters. The fraction of sp³-hybridized carbons (Fsp3) is 0.259. The number of aromatic amines is 1. The predicted octanol–water partition coefficient (Wildman–Crippen LogP) is 4.43. The van der Waals surface area contributed by atoms with Gasteiger partial charge in [-0.05, 0) is 54.1 Å². The van der Waals surface area contributed by atoms with Crippen molar-refractivity contribution in [3.63, 3.8) is 0 Å². The summed E-state index contributed by atoms with van der Waals surface area (Å²) in [4.78, 5) is 45.5. The van der Waals surface area contributed by atoms with E-state index in [0.717, 1.165) is 11.1 Å². The van der Waals surface area contributed by atoms with Crippen LogP contribution >= 0.6 is 11.3 Å². The second-order valence-corrected chi connectivity index (χ2v) is 10.5. The van der Waals surface area contributed by atoms with Gasteiger partial charge in [-0.1, -0.05) is 24.3 Å². The summed E-state index contributed by atoms with van der Waals surface area (Å²) in [5.74, 6) is -0.601. The van der Waals surface area contributed by atoms with E-state index in [9.17, 15) is 18.6 Å². The minimum absolute atomic E-state index is 0.0312. The summed E-state index contributed by atoms with van der Waals surface area (Å²) in [5.41, 5.74) is 2.57. The molecule has 0 saturated heterocycles. The number of Topliss-reactive ketones (excluding diaryl/α,β-unsaturated/α-hetero) is 1. The molecule has 192 valence electrons. The Kier molecular flexibility index (Phi) is 8.75. The number of esters is 1. The average molecular weight is 539 g/mol. The van der Waals surface area contributed by atoms with E-state index in [1.54, 1.807) is 48.9 Å². The van der Waals surface area contributed by atoms with E-state index in [-0.39, 0.29) is 36.2 Å². The third kappa shape index (κ3) is 6.65. The number of ether oxygens (including phenoxy) is 2. The Bertz CT molecular complexity index is 1510. The summed E-state index contributed by atoms with van der Waals surface area (Å²) in [5, 5.41) is 2.22. The number of nitrogens with one attached hydrogen (secondary N) is 1. The molecule has 1 atom stereocenters. The Hall–Kier alpha value is -3.47. The number of ketones is 1. The normalized spacial score (nSPS) is 11.9. The van der Waals surface area contributed by atoms with Crippen molar-refractivity contribution in [1.82, 2.24) is 9.97 Å². The van der Waals surface area contributed by atoms with E-state index in [1.165, 1.54) is 11.3 Å². The van der Waals surface area contributed by atoms with E-state index >= 15 is 0 Å². The molecule has 2 aromatic carbocycles.